The van der Waals surface area contributed by atoms with Crippen LogP contribution in [0.25, 0.3) is 0 Å². The van der Waals surface area contributed by atoms with Crippen molar-refractivity contribution in [3.05, 3.63) is 0 Å². The van der Waals surface area contributed by atoms with Crippen LogP contribution in [0.3, 0.4) is 0 Å². The molecule has 18 heavy (non-hydrogen) atoms. The molecule has 1 aliphatic rings. The number of carbonyl (C=O) groups is 1. The van der Waals surface area contributed by atoms with Gasteiger partial charge in [-0.1, -0.05) is 27.7 Å². The van der Waals surface area contributed by atoms with Crippen molar-refractivity contribution >= 4 is 5.91 Å². The first-order chi connectivity index (χ1) is 8.41. The first-order valence-electron chi connectivity index (χ1n) is 7.45. The van der Waals surface area contributed by atoms with Gasteiger partial charge in [-0.2, -0.15) is 0 Å². The molecular formula is C15H30N2O. The number of nitrogens with one attached hydrogen (secondary N) is 1. The summed E-state index contributed by atoms with van der Waals surface area (Å²) in [4.78, 5) is 12.1. The maximum Gasteiger partial charge on any atom is 0.223 e. The summed E-state index contributed by atoms with van der Waals surface area (Å²) in [7, 11) is 0. The zero-order valence-electron chi connectivity index (χ0n) is 12.4. The molecule has 1 saturated carbocycles. The van der Waals surface area contributed by atoms with Gasteiger partial charge in [-0.05, 0) is 43.4 Å². The third kappa shape index (κ3) is 4.60. The molecule has 0 aromatic rings. The lowest BCUT2D eigenvalue weighted by molar-refractivity contribution is -0.126. The maximum absolute atomic E-state index is 12.1. The number of hydrogen-bond acceptors (Lipinski definition) is 2. The zero-order valence-corrected chi connectivity index (χ0v) is 12.4. The minimum atomic E-state index is 0.199. The summed E-state index contributed by atoms with van der Waals surface area (Å²) in [6, 6.07) is 0.313. The molecule has 1 aliphatic carbocycles. The number of nitrogens with two attached hydrogens (primary N) is 1. The molecule has 0 heterocycles. The third-order valence-corrected chi connectivity index (χ3v) is 4.37. The van der Waals surface area contributed by atoms with E-state index in [1.807, 2.05) is 0 Å². The van der Waals surface area contributed by atoms with E-state index in [1.165, 1.54) is 0 Å². The highest BCUT2D eigenvalue weighted by molar-refractivity contribution is 5.78. The summed E-state index contributed by atoms with van der Waals surface area (Å²) in [6.45, 7) is 9.75. The Kier molecular flexibility index (Phi) is 6.13. The second-order valence-corrected chi connectivity index (χ2v) is 6.51. The van der Waals surface area contributed by atoms with Crippen LogP contribution in [0, 0.1) is 23.7 Å². The van der Waals surface area contributed by atoms with Crippen molar-refractivity contribution in [1.29, 1.82) is 0 Å². The summed E-state index contributed by atoms with van der Waals surface area (Å²) in [6.07, 6.45) is 3.91. The van der Waals surface area contributed by atoms with Crippen LogP contribution in [-0.4, -0.2) is 18.5 Å². The van der Waals surface area contributed by atoms with E-state index in [4.69, 9.17) is 5.73 Å². The average molecular weight is 254 g/mol. The summed E-state index contributed by atoms with van der Waals surface area (Å²) in [5.41, 5.74) is 5.87. The maximum atomic E-state index is 12.1. The fourth-order valence-corrected chi connectivity index (χ4v) is 2.99. The first kappa shape index (κ1) is 15.5. The van der Waals surface area contributed by atoms with E-state index in [9.17, 15) is 4.79 Å². The van der Waals surface area contributed by atoms with Gasteiger partial charge in [0.05, 0.1) is 0 Å². The van der Waals surface area contributed by atoms with Gasteiger partial charge >= 0.3 is 0 Å². The Morgan fingerprint density at radius 3 is 2.06 bits per heavy atom. The van der Waals surface area contributed by atoms with Crippen LogP contribution in [0.2, 0.25) is 0 Å². The highest BCUT2D eigenvalue weighted by Gasteiger charge is 2.25. The minimum absolute atomic E-state index is 0.199. The Morgan fingerprint density at radius 1 is 1.11 bits per heavy atom. The Labute approximate surface area is 112 Å². The largest absolute Gasteiger partial charge is 0.356 e. The van der Waals surface area contributed by atoms with Gasteiger partial charge in [-0.25, -0.2) is 0 Å². The van der Waals surface area contributed by atoms with Crippen LogP contribution in [0.5, 0.6) is 0 Å². The van der Waals surface area contributed by atoms with Crippen molar-refractivity contribution in [2.45, 2.75) is 59.4 Å². The minimum Gasteiger partial charge on any atom is -0.356 e. The van der Waals surface area contributed by atoms with Crippen LogP contribution < -0.4 is 11.1 Å². The fourth-order valence-electron chi connectivity index (χ4n) is 2.99. The summed E-state index contributed by atoms with van der Waals surface area (Å²) < 4.78 is 0. The predicted octanol–water partition coefficient (Wildman–Crippen LogP) is 2.55. The molecule has 3 N–H and O–H groups in total. The second-order valence-electron chi connectivity index (χ2n) is 6.51. The molecule has 0 saturated heterocycles. The van der Waals surface area contributed by atoms with Gasteiger partial charge in [0.25, 0.3) is 0 Å². The van der Waals surface area contributed by atoms with Crippen molar-refractivity contribution in [2.24, 2.45) is 29.4 Å². The number of rotatable bonds is 5. The van der Waals surface area contributed by atoms with Gasteiger partial charge in [0.1, 0.15) is 0 Å². The molecular weight excluding hydrogens is 224 g/mol. The third-order valence-electron chi connectivity index (χ3n) is 4.37. The van der Waals surface area contributed by atoms with E-state index < -0.39 is 0 Å². The lowest BCUT2D eigenvalue weighted by Crippen LogP contribution is -2.40. The molecule has 1 rings (SSSR count). The smallest absolute Gasteiger partial charge is 0.223 e. The number of carbonyl (C=O) groups excluding carboxylic acids is 1. The van der Waals surface area contributed by atoms with E-state index in [-0.39, 0.29) is 11.8 Å². The van der Waals surface area contributed by atoms with Crippen molar-refractivity contribution in [3.63, 3.8) is 0 Å². The van der Waals surface area contributed by atoms with E-state index >= 15 is 0 Å². The molecule has 0 aliphatic heterocycles. The zero-order chi connectivity index (χ0) is 13.7. The van der Waals surface area contributed by atoms with E-state index in [1.54, 1.807) is 0 Å². The van der Waals surface area contributed by atoms with Gasteiger partial charge in [0, 0.05) is 18.5 Å². The van der Waals surface area contributed by atoms with E-state index in [2.05, 4.69) is 33.0 Å². The SMILES string of the molecule is CC(C)C(CNC(=O)C1CCC(N)CC1)C(C)C. The van der Waals surface area contributed by atoms with Crippen LogP contribution in [0.4, 0.5) is 0 Å². The molecule has 106 valence electrons. The molecule has 3 heteroatoms. The monoisotopic (exact) mass is 254 g/mol. The molecule has 0 spiro atoms. The molecule has 1 amide bonds. The molecule has 0 bridgehead atoms. The average Bonchev–Trinajstić information content (AvgIpc) is 2.28. The molecule has 0 radical (unpaired) electrons. The van der Waals surface area contributed by atoms with Gasteiger partial charge in [-0.3, -0.25) is 4.79 Å². The Hall–Kier alpha value is -0.570. The lowest BCUT2D eigenvalue weighted by Gasteiger charge is -2.28. The van der Waals surface area contributed by atoms with Crippen LogP contribution in [0.1, 0.15) is 53.4 Å². The Bertz CT molecular complexity index is 247. The Morgan fingerprint density at radius 2 is 1.61 bits per heavy atom. The standard InChI is InChI=1S/C15H30N2O/c1-10(2)14(11(3)4)9-17-15(18)12-5-7-13(16)8-6-12/h10-14H,5-9,16H2,1-4H3,(H,17,18). The number of hydrogen-bond donors (Lipinski definition) is 2. The fraction of sp³-hybridized carbons (Fsp3) is 0.933. The Balaban J connectivity index is 2.36. The molecule has 1 fully saturated rings. The van der Waals surface area contributed by atoms with Crippen molar-refractivity contribution in [2.75, 3.05) is 6.54 Å². The van der Waals surface area contributed by atoms with Crippen molar-refractivity contribution in [3.8, 4) is 0 Å². The van der Waals surface area contributed by atoms with Gasteiger partial charge in [0.2, 0.25) is 5.91 Å². The van der Waals surface area contributed by atoms with E-state index in [0.29, 0.717) is 23.8 Å². The molecule has 0 aromatic carbocycles. The van der Waals surface area contributed by atoms with Crippen LogP contribution in [0.15, 0.2) is 0 Å². The molecule has 3 nitrogen and oxygen atoms in total. The molecule has 0 unspecified atom stereocenters. The second kappa shape index (κ2) is 7.13. The summed E-state index contributed by atoms with van der Waals surface area (Å²) in [5, 5.41) is 3.15. The molecule has 0 atom stereocenters. The number of amides is 1. The summed E-state index contributed by atoms with van der Waals surface area (Å²) in [5.74, 6) is 2.24. The predicted molar refractivity (Wildman–Crippen MR) is 76.1 cm³/mol. The normalized spacial score (nSPS) is 24.9. The van der Waals surface area contributed by atoms with Gasteiger partial charge in [0.15, 0.2) is 0 Å². The van der Waals surface area contributed by atoms with E-state index in [0.717, 1.165) is 32.2 Å². The van der Waals surface area contributed by atoms with Gasteiger partial charge in [-0.15, -0.1) is 0 Å². The highest BCUT2D eigenvalue weighted by atomic mass is 16.1. The topological polar surface area (TPSA) is 55.1 Å². The first-order valence-corrected chi connectivity index (χ1v) is 7.45. The van der Waals surface area contributed by atoms with Crippen molar-refractivity contribution in [1.82, 2.24) is 5.32 Å². The van der Waals surface area contributed by atoms with Crippen LogP contribution in [-0.2, 0) is 4.79 Å². The quantitative estimate of drug-likeness (QED) is 0.792. The lowest BCUT2D eigenvalue weighted by atomic mass is 9.84. The van der Waals surface area contributed by atoms with Gasteiger partial charge < -0.3 is 11.1 Å². The van der Waals surface area contributed by atoms with Crippen LogP contribution >= 0.6 is 0 Å². The summed E-state index contributed by atoms with van der Waals surface area (Å²) >= 11 is 0. The van der Waals surface area contributed by atoms with Crippen molar-refractivity contribution < 1.29 is 4.79 Å². The highest BCUT2D eigenvalue weighted by Crippen LogP contribution is 2.24. The molecule has 0 aromatic heterocycles.